The number of hydrogen-bond donors (Lipinski definition) is 3. The lowest BCUT2D eigenvalue weighted by Gasteiger charge is -2.11. The zero-order chi connectivity index (χ0) is 14.7. The molecular formula is C12H13N5O2S. The van der Waals surface area contributed by atoms with E-state index in [9.17, 15) is 9.59 Å². The Morgan fingerprint density at radius 2 is 2.10 bits per heavy atom. The number of para-hydroxylation sites is 1. The van der Waals surface area contributed by atoms with E-state index in [0.29, 0.717) is 16.7 Å². The van der Waals surface area contributed by atoms with Crippen molar-refractivity contribution in [1.82, 2.24) is 20.4 Å². The van der Waals surface area contributed by atoms with E-state index in [4.69, 9.17) is 5.73 Å². The van der Waals surface area contributed by atoms with Crippen molar-refractivity contribution >= 4 is 34.1 Å². The summed E-state index contributed by atoms with van der Waals surface area (Å²) in [6, 6.07) is 6.98. The number of nitrogens with one attached hydrogen (secondary N) is 2. The van der Waals surface area contributed by atoms with Gasteiger partial charge in [0.1, 0.15) is 12.4 Å². The average Bonchev–Trinajstić information content (AvgIpc) is 2.41. The Bertz CT molecular complexity index is 740. The minimum absolute atomic E-state index is 0.0564. The van der Waals surface area contributed by atoms with Crippen LogP contribution in [0.1, 0.15) is 5.82 Å². The van der Waals surface area contributed by atoms with Gasteiger partial charge in [-0.1, -0.05) is 12.1 Å². The number of aromatic nitrogens is 2. The summed E-state index contributed by atoms with van der Waals surface area (Å²) in [5.74, 6) is 0.0132. The molecule has 104 valence electrons. The fourth-order valence-electron chi connectivity index (χ4n) is 1.78. The molecule has 0 bridgehead atoms. The molecule has 0 spiro atoms. The fraction of sp³-hybridized carbons (Fsp3) is 0.167. The molecule has 8 heteroatoms. The Hall–Kier alpha value is -2.48. The quantitative estimate of drug-likeness (QED) is 0.512. The molecular weight excluding hydrogens is 278 g/mol. The van der Waals surface area contributed by atoms with Crippen LogP contribution in [0.2, 0.25) is 0 Å². The molecule has 0 atom stereocenters. The van der Waals surface area contributed by atoms with E-state index >= 15 is 0 Å². The van der Waals surface area contributed by atoms with Gasteiger partial charge in [0.2, 0.25) is 0 Å². The van der Waals surface area contributed by atoms with Crippen LogP contribution in [0.4, 0.5) is 0 Å². The molecule has 0 fully saturated rings. The lowest BCUT2D eigenvalue weighted by Crippen LogP contribution is -2.46. The lowest BCUT2D eigenvalue weighted by molar-refractivity contribution is -0.122. The van der Waals surface area contributed by atoms with Gasteiger partial charge in [-0.15, -0.1) is 0 Å². The van der Waals surface area contributed by atoms with E-state index in [1.165, 1.54) is 4.57 Å². The van der Waals surface area contributed by atoms with Gasteiger partial charge in [0.25, 0.3) is 11.5 Å². The third-order valence-corrected chi connectivity index (χ3v) is 2.78. The van der Waals surface area contributed by atoms with Crippen molar-refractivity contribution in [2.24, 2.45) is 5.73 Å². The van der Waals surface area contributed by atoms with Crippen molar-refractivity contribution in [1.29, 1.82) is 0 Å². The monoisotopic (exact) mass is 291 g/mol. The summed E-state index contributed by atoms with van der Waals surface area (Å²) in [6.45, 7) is 1.50. The molecule has 0 aliphatic heterocycles. The standard InChI is InChI=1S/C12H13N5O2S/c1-7-14-9-5-3-2-4-8(9)11(19)17(7)6-10(18)15-16-12(13)20/h2-5H,6H2,1H3,(H,15,18)(H3,13,16,20). The van der Waals surface area contributed by atoms with Gasteiger partial charge in [-0.3, -0.25) is 25.0 Å². The van der Waals surface area contributed by atoms with E-state index in [0.717, 1.165) is 0 Å². The maximum absolute atomic E-state index is 12.3. The number of nitrogens with zero attached hydrogens (tertiary/aromatic N) is 2. The number of amides is 1. The predicted octanol–water partition coefficient (Wildman–Crippen LogP) is -0.431. The smallest absolute Gasteiger partial charge is 0.261 e. The van der Waals surface area contributed by atoms with Crippen LogP contribution in [0.25, 0.3) is 10.9 Å². The molecule has 20 heavy (non-hydrogen) atoms. The number of nitrogens with two attached hydrogens (primary N) is 1. The lowest BCUT2D eigenvalue weighted by atomic mass is 10.2. The molecule has 0 saturated carbocycles. The van der Waals surface area contributed by atoms with Gasteiger partial charge in [-0.25, -0.2) is 4.98 Å². The first-order chi connectivity index (χ1) is 9.49. The normalized spacial score (nSPS) is 10.2. The van der Waals surface area contributed by atoms with E-state index in [-0.39, 0.29) is 17.2 Å². The van der Waals surface area contributed by atoms with Crippen molar-refractivity contribution in [2.45, 2.75) is 13.5 Å². The second-order valence-electron chi connectivity index (χ2n) is 4.10. The van der Waals surface area contributed by atoms with Crippen LogP contribution in [-0.4, -0.2) is 20.6 Å². The van der Waals surface area contributed by atoms with Crippen LogP contribution in [0, 0.1) is 6.92 Å². The summed E-state index contributed by atoms with van der Waals surface area (Å²) in [4.78, 5) is 28.3. The number of thiocarbonyl (C=S) groups is 1. The SMILES string of the molecule is Cc1nc2ccccc2c(=O)n1CC(=O)NNC(N)=S. The minimum Gasteiger partial charge on any atom is -0.375 e. The molecule has 4 N–H and O–H groups in total. The van der Waals surface area contributed by atoms with Gasteiger partial charge in [-0.2, -0.15) is 0 Å². The topological polar surface area (TPSA) is 102 Å². The Labute approximate surface area is 119 Å². The second-order valence-corrected chi connectivity index (χ2v) is 4.54. The number of aryl methyl sites for hydroxylation is 1. The molecule has 2 aromatic rings. The molecule has 0 saturated heterocycles. The number of rotatable bonds is 2. The highest BCUT2D eigenvalue weighted by atomic mass is 32.1. The van der Waals surface area contributed by atoms with Gasteiger partial charge in [0, 0.05) is 0 Å². The highest BCUT2D eigenvalue weighted by molar-refractivity contribution is 7.80. The van der Waals surface area contributed by atoms with Crippen molar-refractivity contribution < 1.29 is 4.79 Å². The Morgan fingerprint density at radius 3 is 2.80 bits per heavy atom. The van der Waals surface area contributed by atoms with Crippen LogP contribution < -0.4 is 22.1 Å². The van der Waals surface area contributed by atoms with Crippen molar-refractivity contribution in [3.05, 3.63) is 40.4 Å². The molecule has 1 aromatic heterocycles. The molecule has 0 aliphatic rings. The van der Waals surface area contributed by atoms with Crippen LogP contribution in [0.5, 0.6) is 0 Å². The number of benzene rings is 1. The molecule has 0 aliphatic carbocycles. The Balaban J connectivity index is 2.33. The van der Waals surface area contributed by atoms with Crippen molar-refractivity contribution in [3.63, 3.8) is 0 Å². The third-order valence-electron chi connectivity index (χ3n) is 2.68. The first-order valence-electron chi connectivity index (χ1n) is 5.79. The van der Waals surface area contributed by atoms with Gasteiger partial charge in [0.15, 0.2) is 5.11 Å². The summed E-state index contributed by atoms with van der Waals surface area (Å²) < 4.78 is 1.29. The summed E-state index contributed by atoms with van der Waals surface area (Å²) in [6.07, 6.45) is 0. The van der Waals surface area contributed by atoms with Crippen LogP contribution in [0.3, 0.4) is 0 Å². The van der Waals surface area contributed by atoms with Crippen LogP contribution in [-0.2, 0) is 11.3 Å². The van der Waals surface area contributed by atoms with Crippen LogP contribution in [0.15, 0.2) is 29.1 Å². The van der Waals surface area contributed by atoms with Crippen LogP contribution >= 0.6 is 12.2 Å². The average molecular weight is 291 g/mol. The Morgan fingerprint density at radius 1 is 1.40 bits per heavy atom. The molecule has 2 rings (SSSR count). The second kappa shape index (κ2) is 5.66. The zero-order valence-corrected chi connectivity index (χ0v) is 11.5. The summed E-state index contributed by atoms with van der Waals surface area (Å²) in [7, 11) is 0. The van der Waals surface area contributed by atoms with Gasteiger partial charge in [0.05, 0.1) is 10.9 Å². The first kappa shape index (κ1) is 13.9. The van der Waals surface area contributed by atoms with Crippen molar-refractivity contribution in [3.8, 4) is 0 Å². The largest absolute Gasteiger partial charge is 0.375 e. The van der Waals surface area contributed by atoms with Crippen molar-refractivity contribution in [2.75, 3.05) is 0 Å². The van der Waals surface area contributed by atoms with Gasteiger partial charge < -0.3 is 5.73 Å². The van der Waals surface area contributed by atoms with E-state index in [1.807, 2.05) is 0 Å². The summed E-state index contributed by atoms with van der Waals surface area (Å²) >= 11 is 4.56. The number of carbonyl (C=O) groups excluding carboxylic acids is 1. The summed E-state index contributed by atoms with van der Waals surface area (Å²) in [5, 5.41) is 0.410. The van der Waals surface area contributed by atoms with E-state index in [1.54, 1.807) is 31.2 Å². The van der Waals surface area contributed by atoms with Gasteiger partial charge in [-0.05, 0) is 31.3 Å². The maximum atomic E-state index is 12.3. The maximum Gasteiger partial charge on any atom is 0.261 e. The molecule has 7 nitrogen and oxygen atoms in total. The first-order valence-corrected chi connectivity index (χ1v) is 6.20. The number of fused-ring (bicyclic) bond motifs is 1. The molecule has 1 aromatic carbocycles. The van der Waals surface area contributed by atoms with Gasteiger partial charge >= 0.3 is 0 Å². The molecule has 1 amide bonds. The van der Waals surface area contributed by atoms with E-state index < -0.39 is 5.91 Å². The number of carbonyl (C=O) groups is 1. The minimum atomic E-state index is -0.444. The summed E-state index contributed by atoms with van der Waals surface area (Å²) in [5.41, 5.74) is 10.1. The highest BCUT2D eigenvalue weighted by Crippen LogP contribution is 2.06. The zero-order valence-electron chi connectivity index (χ0n) is 10.7. The third kappa shape index (κ3) is 2.91. The number of hydrazine groups is 1. The fourth-order valence-corrected chi connectivity index (χ4v) is 1.83. The number of hydrogen-bond acceptors (Lipinski definition) is 4. The molecule has 0 radical (unpaired) electrons. The van der Waals surface area contributed by atoms with E-state index in [2.05, 4.69) is 28.1 Å². The predicted molar refractivity (Wildman–Crippen MR) is 78.8 cm³/mol. The molecule has 0 unspecified atom stereocenters. The highest BCUT2D eigenvalue weighted by Gasteiger charge is 2.11. The Kier molecular flexibility index (Phi) is 3.94. The molecule has 1 heterocycles.